The van der Waals surface area contributed by atoms with Crippen LogP contribution in [0.15, 0.2) is 58.5 Å². The fourth-order valence-electron chi connectivity index (χ4n) is 3.29. The van der Waals surface area contributed by atoms with Crippen LogP contribution in [-0.2, 0) is 25.5 Å². The minimum absolute atomic E-state index is 0.145. The molecule has 0 fully saturated rings. The molecular weight excluding hydrogens is 366 g/mol. The molecule has 1 aliphatic rings. The zero-order chi connectivity index (χ0) is 21.4. The molecule has 0 saturated carbocycles. The van der Waals surface area contributed by atoms with Crippen LogP contribution in [-0.4, -0.2) is 29.1 Å². The molecule has 1 aromatic heterocycles. The van der Waals surface area contributed by atoms with Gasteiger partial charge in [0.1, 0.15) is 0 Å². The van der Waals surface area contributed by atoms with Crippen LogP contribution in [0.25, 0.3) is 0 Å². The summed E-state index contributed by atoms with van der Waals surface area (Å²) in [6.45, 7) is 6.96. The second-order valence-corrected chi connectivity index (χ2v) is 7.26. The topological polar surface area (TPSA) is 73.3 Å². The number of nitrogens with zero attached hydrogens (tertiary/aromatic N) is 1. The molecular formula is C24H29NO4. The Morgan fingerprint density at radius 1 is 1.03 bits per heavy atom. The molecule has 5 nitrogen and oxygen atoms in total. The maximum Gasteiger partial charge on any atom is 0.334 e. The van der Waals surface area contributed by atoms with Gasteiger partial charge in [-0.25, -0.2) is 4.79 Å². The van der Waals surface area contributed by atoms with Gasteiger partial charge in [-0.3, -0.25) is 14.6 Å². The highest BCUT2D eigenvalue weighted by molar-refractivity contribution is 6.26. The first kappa shape index (κ1) is 22.5. The number of ketones is 2. The van der Waals surface area contributed by atoms with Crippen molar-refractivity contribution in [2.45, 2.75) is 59.8 Å². The molecule has 0 spiro atoms. The van der Waals surface area contributed by atoms with Crippen molar-refractivity contribution in [1.29, 1.82) is 0 Å². The zero-order valence-corrected chi connectivity index (χ0v) is 17.7. The van der Waals surface area contributed by atoms with E-state index in [-0.39, 0.29) is 18.2 Å². The van der Waals surface area contributed by atoms with Gasteiger partial charge in [0, 0.05) is 40.3 Å². The second kappa shape index (κ2) is 10.6. The van der Waals surface area contributed by atoms with Crippen molar-refractivity contribution < 1.29 is 19.1 Å². The average Bonchev–Trinajstić information content (AvgIpc) is 2.73. The molecule has 0 aliphatic heterocycles. The maximum atomic E-state index is 12.7. The lowest BCUT2D eigenvalue weighted by Gasteiger charge is -2.17. The van der Waals surface area contributed by atoms with E-state index in [1.54, 1.807) is 40.0 Å². The number of allylic oxidation sites excluding steroid dienone is 5. The molecule has 0 saturated heterocycles. The van der Waals surface area contributed by atoms with E-state index < -0.39 is 5.97 Å². The molecule has 0 atom stereocenters. The molecule has 5 heteroatoms. The number of pyridine rings is 1. The highest BCUT2D eigenvalue weighted by atomic mass is 16.5. The van der Waals surface area contributed by atoms with Crippen LogP contribution in [0, 0.1) is 0 Å². The van der Waals surface area contributed by atoms with E-state index >= 15 is 0 Å². The van der Waals surface area contributed by atoms with Gasteiger partial charge in [-0.1, -0.05) is 12.5 Å². The Morgan fingerprint density at radius 2 is 1.76 bits per heavy atom. The number of aryl methyl sites for hydroxylation is 1. The standard InChI is InChI=1S/C24H29NO4/c1-5-29-24(28)20(12-8-6-7-10-19-11-9-13-25-15-19)14-21-18(4)22(26)16(2)17(3)23(21)27/h9,11,13-15H,5-8,10,12H2,1-4H3. The number of rotatable bonds is 9. The Hall–Kier alpha value is -2.82. The van der Waals surface area contributed by atoms with Crippen molar-refractivity contribution in [3.05, 3.63) is 64.0 Å². The number of hydrogen-bond acceptors (Lipinski definition) is 5. The molecule has 154 valence electrons. The predicted molar refractivity (Wildman–Crippen MR) is 112 cm³/mol. The van der Waals surface area contributed by atoms with Crippen molar-refractivity contribution in [3.8, 4) is 0 Å². The highest BCUT2D eigenvalue weighted by Crippen LogP contribution is 2.27. The Labute approximate surface area is 172 Å². The zero-order valence-electron chi connectivity index (χ0n) is 17.7. The highest BCUT2D eigenvalue weighted by Gasteiger charge is 2.27. The smallest absolute Gasteiger partial charge is 0.334 e. The minimum Gasteiger partial charge on any atom is -0.463 e. The van der Waals surface area contributed by atoms with Crippen molar-refractivity contribution in [2.24, 2.45) is 0 Å². The lowest BCUT2D eigenvalue weighted by atomic mass is 9.85. The van der Waals surface area contributed by atoms with E-state index in [1.807, 2.05) is 12.3 Å². The number of hydrogen-bond donors (Lipinski definition) is 0. The second-order valence-electron chi connectivity index (χ2n) is 7.26. The fourth-order valence-corrected chi connectivity index (χ4v) is 3.29. The molecule has 0 bridgehead atoms. The first-order valence-electron chi connectivity index (χ1n) is 10.1. The molecule has 0 amide bonds. The number of carbonyl (C=O) groups excluding carboxylic acids is 3. The molecule has 1 aliphatic carbocycles. The molecule has 2 rings (SSSR count). The van der Waals surface area contributed by atoms with Crippen LogP contribution in [0.3, 0.4) is 0 Å². The van der Waals surface area contributed by atoms with Gasteiger partial charge >= 0.3 is 5.97 Å². The SMILES string of the molecule is CCOC(=O)C(=CC1=C(C)C(=O)C(C)=C(C)C1=O)CCCCCc1cccnc1. The van der Waals surface area contributed by atoms with E-state index in [0.29, 0.717) is 34.3 Å². The summed E-state index contributed by atoms with van der Waals surface area (Å²) >= 11 is 0. The van der Waals surface area contributed by atoms with Gasteiger partial charge in [0.05, 0.1) is 6.61 Å². The van der Waals surface area contributed by atoms with Crippen LogP contribution in [0.4, 0.5) is 0 Å². The third-order valence-corrected chi connectivity index (χ3v) is 5.22. The average molecular weight is 395 g/mol. The summed E-state index contributed by atoms with van der Waals surface area (Å²) < 4.78 is 5.17. The number of carbonyl (C=O) groups is 3. The Morgan fingerprint density at radius 3 is 2.41 bits per heavy atom. The summed E-state index contributed by atoms with van der Waals surface area (Å²) in [7, 11) is 0. The maximum absolute atomic E-state index is 12.7. The van der Waals surface area contributed by atoms with Crippen molar-refractivity contribution in [1.82, 2.24) is 4.98 Å². The van der Waals surface area contributed by atoms with E-state index in [0.717, 1.165) is 25.7 Å². The van der Waals surface area contributed by atoms with Crippen LogP contribution in [0.1, 0.15) is 58.9 Å². The number of Topliss-reactive ketones (excluding diaryl/α,β-unsaturated/α-hetero) is 2. The van der Waals surface area contributed by atoms with E-state index in [9.17, 15) is 14.4 Å². The summed E-state index contributed by atoms with van der Waals surface area (Å²) in [4.78, 5) is 41.6. The van der Waals surface area contributed by atoms with Gasteiger partial charge in [-0.2, -0.15) is 0 Å². The lowest BCUT2D eigenvalue weighted by Crippen LogP contribution is -2.20. The lowest BCUT2D eigenvalue weighted by molar-refractivity contribution is -0.138. The van der Waals surface area contributed by atoms with Crippen LogP contribution >= 0.6 is 0 Å². The number of aromatic nitrogens is 1. The Kier molecular flexibility index (Phi) is 8.25. The molecule has 0 N–H and O–H groups in total. The van der Waals surface area contributed by atoms with E-state index in [1.165, 1.54) is 5.56 Å². The van der Waals surface area contributed by atoms with Crippen molar-refractivity contribution in [3.63, 3.8) is 0 Å². The summed E-state index contributed by atoms with van der Waals surface area (Å²) in [6.07, 6.45) is 9.35. The van der Waals surface area contributed by atoms with E-state index in [2.05, 4.69) is 11.1 Å². The van der Waals surface area contributed by atoms with Gasteiger partial charge in [-0.05, 0) is 71.1 Å². The quantitative estimate of drug-likeness (QED) is 0.267. The monoisotopic (exact) mass is 395 g/mol. The minimum atomic E-state index is -0.427. The number of ether oxygens (including phenoxy) is 1. The number of unbranched alkanes of at least 4 members (excludes halogenated alkanes) is 2. The van der Waals surface area contributed by atoms with Gasteiger partial charge in [-0.15, -0.1) is 0 Å². The molecule has 0 unspecified atom stereocenters. The Bertz CT molecular complexity index is 875. The molecule has 0 aromatic carbocycles. The van der Waals surface area contributed by atoms with Crippen molar-refractivity contribution in [2.75, 3.05) is 6.61 Å². The van der Waals surface area contributed by atoms with E-state index in [4.69, 9.17) is 4.74 Å². The van der Waals surface area contributed by atoms with Crippen LogP contribution in [0.5, 0.6) is 0 Å². The first-order chi connectivity index (χ1) is 13.9. The normalized spacial score (nSPS) is 15.2. The third kappa shape index (κ3) is 5.83. The molecule has 29 heavy (non-hydrogen) atoms. The molecule has 0 radical (unpaired) electrons. The first-order valence-corrected chi connectivity index (χ1v) is 10.1. The van der Waals surface area contributed by atoms with Crippen LogP contribution in [0.2, 0.25) is 0 Å². The van der Waals surface area contributed by atoms with Gasteiger partial charge in [0.15, 0.2) is 11.6 Å². The summed E-state index contributed by atoms with van der Waals surface area (Å²) in [5, 5.41) is 0. The van der Waals surface area contributed by atoms with Gasteiger partial charge in [0.2, 0.25) is 0 Å². The van der Waals surface area contributed by atoms with Crippen molar-refractivity contribution >= 4 is 17.5 Å². The summed E-state index contributed by atoms with van der Waals surface area (Å²) in [5.41, 5.74) is 3.23. The van der Waals surface area contributed by atoms with Gasteiger partial charge < -0.3 is 4.74 Å². The van der Waals surface area contributed by atoms with Gasteiger partial charge in [0.25, 0.3) is 0 Å². The predicted octanol–water partition coefficient (Wildman–Crippen LogP) is 4.48. The molecule has 1 heterocycles. The van der Waals surface area contributed by atoms with Crippen LogP contribution < -0.4 is 0 Å². The third-order valence-electron chi connectivity index (χ3n) is 5.22. The number of esters is 1. The fraction of sp³-hybridized carbons (Fsp3) is 0.417. The molecule has 1 aromatic rings. The summed E-state index contributed by atoms with van der Waals surface area (Å²) in [5.74, 6) is -0.768. The largest absolute Gasteiger partial charge is 0.463 e. The summed E-state index contributed by atoms with van der Waals surface area (Å²) in [6, 6.07) is 3.98. The Balaban J connectivity index is 2.08.